The van der Waals surface area contributed by atoms with E-state index in [1.165, 1.54) is 11.0 Å². The highest BCUT2D eigenvalue weighted by Crippen LogP contribution is 2.34. The molecule has 1 saturated carbocycles. The number of aliphatic hydroxyl groups excluding tert-OH is 1. The Labute approximate surface area is 173 Å². The van der Waals surface area contributed by atoms with Gasteiger partial charge in [-0.3, -0.25) is 9.69 Å². The van der Waals surface area contributed by atoms with E-state index < -0.39 is 11.9 Å². The van der Waals surface area contributed by atoms with Gasteiger partial charge in [0, 0.05) is 12.4 Å². The van der Waals surface area contributed by atoms with Crippen LogP contribution < -0.4 is 4.74 Å². The Balaban J connectivity index is 1.39. The Morgan fingerprint density at radius 1 is 1.17 bits per heavy atom. The third-order valence-electron chi connectivity index (χ3n) is 5.90. The Morgan fingerprint density at radius 2 is 2.00 bits per heavy atom. The van der Waals surface area contributed by atoms with Crippen molar-refractivity contribution >= 4 is 5.91 Å². The number of hydrogen-bond donors (Lipinski definition) is 1. The highest BCUT2D eigenvalue weighted by molar-refractivity contribution is 5.98. The molecule has 5 rings (SSSR count). The van der Waals surface area contributed by atoms with Crippen LogP contribution in [0.4, 0.5) is 4.39 Å². The third kappa shape index (κ3) is 3.35. The van der Waals surface area contributed by atoms with Crippen LogP contribution in [-0.2, 0) is 6.42 Å². The number of benzene rings is 2. The molecular weight excluding hydrogens is 385 g/mol. The molecule has 1 aliphatic heterocycles. The van der Waals surface area contributed by atoms with Crippen molar-refractivity contribution < 1.29 is 19.0 Å². The zero-order valence-corrected chi connectivity index (χ0v) is 16.4. The van der Waals surface area contributed by atoms with E-state index >= 15 is 0 Å². The number of carbonyl (C=O) groups is 1. The molecule has 3 aromatic rings. The summed E-state index contributed by atoms with van der Waals surface area (Å²) in [4.78, 5) is 14.6. The summed E-state index contributed by atoms with van der Waals surface area (Å²) >= 11 is 0. The van der Waals surface area contributed by atoms with Gasteiger partial charge in [0.05, 0.1) is 23.4 Å². The predicted molar refractivity (Wildman–Crippen MR) is 108 cm³/mol. The maximum Gasteiger partial charge on any atom is 0.260 e. The molecule has 1 N–H and O–H groups in total. The maximum absolute atomic E-state index is 14.7. The summed E-state index contributed by atoms with van der Waals surface area (Å²) in [5.74, 6) is -0.811. The number of carbonyl (C=O) groups excluding carboxylic acids is 1. The Bertz CT molecular complexity index is 1070. The first kappa shape index (κ1) is 18.8. The van der Waals surface area contributed by atoms with E-state index in [0.29, 0.717) is 18.4 Å². The van der Waals surface area contributed by atoms with Gasteiger partial charge in [-0.15, -0.1) is 0 Å². The molecule has 1 fully saturated rings. The highest BCUT2D eigenvalue weighted by Gasteiger charge is 2.38. The predicted octanol–water partition coefficient (Wildman–Crippen LogP) is 3.31. The number of aliphatic hydroxyl groups is 1. The van der Waals surface area contributed by atoms with E-state index in [0.717, 1.165) is 24.1 Å². The van der Waals surface area contributed by atoms with Crippen LogP contribution in [0.3, 0.4) is 0 Å². The van der Waals surface area contributed by atoms with Gasteiger partial charge in [-0.2, -0.15) is 5.10 Å². The van der Waals surface area contributed by atoms with Gasteiger partial charge in [0.25, 0.3) is 5.91 Å². The molecule has 2 unspecified atom stereocenters. The molecule has 2 atom stereocenters. The van der Waals surface area contributed by atoms with Crippen molar-refractivity contribution in [3.63, 3.8) is 0 Å². The summed E-state index contributed by atoms with van der Waals surface area (Å²) in [5.41, 5.74) is 2.86. The fraction of sp³-hybridized carbons (Fsp3) is 0.304. The van der Waals surface area contributed by atoms with Crippen LogP contribution in [0.5, 0.6) is 5.75 Å². The topological polar surface area (TPSA) is 67.6 Å². The van der Waals surface area contributed by atoms with E-state index in [-0.39, 0.29) is 30.0 Å². The largest absolute Gasteiger partial charge is 0.469 e. The van der Waals surface area contributed by atoms with Crippen LogP contribution in [0.25, 0.3) is 5.69 Å². The van der Waals surface area contributed by atoms with Crippen molar-refractivity contribution in [3.05, 3.63) is 77.4 Å². The van der Waals surface area contributed by atoms with Crippen molar-refractivity contribution in [2.75, 3.05) is 6.73 Å². The second-order valence-electron chi connectivity index (χ2n) is 7.86. The molecule has 1 aromatic heterocycles. The lowest BCUT2D eigenvalue weighted by Gasteiger charge is -2.35. The zero-order valence-electron chi connectivity index (χ0n) is 16.4. The normalized spacial score (nSPS) is 20.9. The number of nitrogens with zero attached hydrogens (tertiary/aromatic N) is 3. The highest BCUT2D eigenvalue weighted by atomic mass is 19.1. The van der Waals surface area contributed by atoms with Crippen LogP contribution in [-0.4, -0.2) is 44.6 Å². The lowest BCUT2D eigenvalue weighted by atomic mass is 10.00. The van der Waals surface area contributed by atoms with E-state index in [2.05, 4.69) is 5.10 Å². The lowest BCUT2D eigenvalue weighted by molar-refractivity contribution is 0.0116. The molecule has 2 heterocycles. The summed E-state index contributed by atoms with van der Waals surface area (Å²) < 4.78 is 22.0. The third-order valence-corrected chi connectivity index (χ3v) is 5.90. The van der Waals surface area contributed by atoms with Crippen LogP contribution in [0, 0.1) is 5.82 Å². The van der Waals surface area contributed by atoms with Crippen molar-refractivity contribution in [1.29, 1.82) is 0 Å². The summed E-state index contributed by atoms with van der Waals surface area (Å²) in [7, 11) is 0. The second-order valence-corrected chi connectivity index (χ2v) is 7.86. The number of rotatable bonds is 4. The molecule has 30 heavy (non-hydrogen) atoms. The molecule has 0 saturated heterocycles. The van der Waals surface area contributed by atoms with Crippen molar-refractivity contribution in [3.8, 4) is 11.4 Å². The van der Waals surface area contributed by atoms with E-state index in [1.54, 1.807) is 16.9 Å². The van der Waals surface area contributed by atoms with Crippen LogP contribution in [0.2, 0.25) is 0 Å². The van der Waals surface area contributed by atoms with E-state index in [4.69, 9.17) is 4.74 Å². The molecule has 6 nitrogen and oxygen atoms in total. The number of amides is 1. The van der Waals surface area contributed by atoms with E-state index in [1.807, 2.05) is 36.5 Å². The first-order chi connectivity index (χ1) is 14.6. The summed E-state index contributed by atoms with van der Waals surface area (Å²) in [6, 6.07) is 12.6. The minimum absolute atomic E-state index is 0.00140. The smallest absolute Gasteiger partial charge is 0.260 e. The number of fused-ring (bicyclic) bond motifs is 1. The summed E-state index contributed by atoms with van der Waals surface area (Å²) in [6.45, 7) is -0.0291. The van der Waals surface area contributed by atoms with Crippen LogP contribution >= 0.6 is 0 Å². The van der Waals surface area contributed by atoms with Gasteiger partial charge < -0.3 is 9.84 Å². The fourth-order valence-corrected chi connectivity index (χ4v) is 4.36. The van der Waals surface area contributed by atoms with Gasteiger partial charge in [-0.25, -0.2) is 9.07 Å². The quantitative estimate of drug-likeness (QED) is 0.721. The molecular formula is C23H22FN3O3. The Hall–Kier alpha value is -3.19. The zero-order chi connectivity index (χ0) is 20.7. The van der Waals surface area contributed by atoms with Crippen LogP contribution in [0.1, 0.15) is 40.7 Å². The van der Waals surface area contributed by atoms with Crippen LogP contribution in [0.15, 0.2) is 54.9 Å². The van der Waals surface area contributed by atoms with Gasteiger partial charge >= 0.3 is 0 Å². The Kier molecular flexibility index (Phi) is 4.75. The molecule has 1 amide bonds. The molecule has 0 bridgehead atoms. The number of ether oxygens (including phenoxy) is 1. The first-order valence-corrected chi connectivity index (χ1v) is 10.1. The van der Waals surface area contributed by atoms with Gasteiger partial charge in [0.15, 0.2) is 18.3 Å². The van der Waals surface area contributed by atoms with Crippen molar-refractivity contribution in [1.82, 2.24) is 14.7 Å². The summed E-state index contributed by atoms with van der Waals surface area (Å²) in [6.07, 6.45) is 5.79. The fourth-order valence-electron chi connectivity index (χ4n) is 4.36. The molecule has 154 valence electrons. The average Bonchev–Trinajstić information content (AvgIpc) is 3.42. The maximum atomic E-state index is 14.7. The minimum Gasteiger partial charge on any atom is -0.469 e. The minimum atomic E-state index is -0.555. The molecule has 1 aliphatic carbocycles. The average molecular weight is 407 g/mol. The van der Waals surface area contributed by atoms with Gasteiger partial charge in [0.1, 0.15) is 0 Å². The SMILES string of the molecule is O=C1c2cc(Cc3ccc(-n4cccn4)cc3)cc(F)c2OCN1C1CCCC1O. The molecule has 7 heteroatoms. The second kappa shape index (κ2) is 7.57. The first-order valence-electron chi connectivity index (χ1n) is 10.1. The lowest BCUT2D eigenvalue weighted by Crippen LogP contribution is -2.48. The monoisotopic (exact) mass is 407 g/mol. The van der Waals surface area contributed by atoms with Gasteiger partial charge in [0.2, 0.25) is 0 Å². The Morgan fingerprint density at radius 3 is 2.70 bits per heavy atom. The van der Waals surface area contributed by atoms with Gasteiger partial charge in [-0.05, 0) is 67.1 Å². The number of aromatic nitrogens is 2. The number of halogens is 1. The molecule has 0 spiro atoms. The van der Waals surface area contributed by atoms with Crippen molar-refractivity contribution in [2.24, 2.45) is 0 Å². The number of hydrogen-bond acceptors (Lipinski definition) is 4. The molecule has 2 aromatic carbocycles. The summed E-state index contributed by atoms with van der Waals surface area (Å²) in [5, 5.41) is 14.4. The van der Waals surface area contributed by atoms with Crippen molar-refractivity contribution in [2.45, 2.75) is 37.8 Å². The molecule has 2 aliphatic rings. The van der Waals surface area contributed by atoms with E-state index in [9.17, 15) is 14.3 Å². The van der Waals surface area contributed by atoms with Gasteiger partial charge in [-0.1, -0.05) is 12.1 Å². The molecule has 0 radical (unpaired) electrons. The standard InChI is InChI=1S/C23H22FN3O3/c24-19-13-16(11-15-5-7-17(8-6-15)27-10-2-9-25-27)12-18-22(19)30-14-26(23(18)29)20-3-1-4-21(20)28/h2,5-10,12-13,20-21,28H,1,3-4,11,14H2.